The SMILES string of the molecule is CNC1=N[C@H]2[C@H](O[C@H](C(OCc3ccc(C(F)(F)F)cc3)C(F)(F)F)C[C@@H]2O)S1. The second-order valence-corrected chi connectivity index (χ2v) is 7.69. The molecule has 0 saturated carbocycles. The molecule has 1 aromatic rings. The molecule has 0 aromatic heterocycles. The first-order valence-electron chi connectivity index (χ1n) is 8.59. The third kappa shape index (κ3) is 5.16. The Kier molecular flexibility index (Phi) is 6.37. The number of fused-ring (bicyclic) bond motifs is 1. The molecule has 2 heterocycles. The topological polar surface area (TPSA) is 63.1 Å². The van der Waals surface area contributed by atoms with Crippen LogP contribution in [0.2, 0.25) is 0 Å². The highest BCUT2D eigenvalue weighted by molar-refractivity contribution is 8.14. The van der Waals surface area contributed by atoms with Crippen LogP contribution in [0.3, 0.4) is 0 Å². The molecule has 0 radical (unpaired) electrons. The Bertz CT molecular complexity index is 740. The van der Waals surface area contributed by atoms with Crippen LogP contribution >= 0.6 is 11.8 Å². The lowest BCUT2D eigenvalue weighted by molar-refractivity contribution is -0.267. The Morgan fingerprint density at radius 2 is 1.90 bits per heavy atom. The van der Waals surface area contributed by atoms with Gasteiger partial charge in [-0.15, -0.1) is 0 Å². The minimum atomic E-state index is -4.79. The van der Waals surface area contributed by atoms with Crippen molar-refractivity contribution in [3.63, 3.8) is 0 Å². The fourth-order valence-electron chi connectivity index (χ4n) is 3.09. The molecule has 2 N–H and O–H groups in total. The number of nitrogens with one attached hydrogen (secondary N) is 1. The zero-order valence-corrected chi connectivity index (χ0v) is 15.8. The average molecular weight is 444 g/mol. The highest BCUT2D eigenvalue weighted by Gasteiger charge is 2.52. The molecular formula is C17H18F6N2O3S. The minimum Gasteiger partial charge on any atom is -0.391 e. The fraction of sp³-hybridized carbons (Fsp3) is 0.588. The van der Waals surface area contributed by atoms with E-state index in [1.54, 1.807) is 7.05 Å². The molecule has 0 spiro atoms. The number of hydrogen-bond acceptors (Lipinski definition) is 6. The first-order chi connectivity index (χ1) is 13.5. The summed E-state index contributed by atoms with van der Waals surface area (Å²) in [6, 6.07) is 2.99. The molecule has 2 aliphatic heterocycles. The van der Waals surface area contributed by atoms with Crippen LogP contribution < -0.4 is 5.32 Å². The molecule has 5 atom stereocenters. The van der Waals surface area contributed by atoms with Gasteiger partial charge in [0.25, 0.3) is 0 Å². The number of aliphatic hydroxyl groups is 1. The summed E-state index contributed by atoms with van der Waals surface area (Å²) < 4.78 is 89.0. The molecule has 3 rings (SSSR count). The standard InChI is InChI=1S/C17H18F6N2O3S/c1-24-15-25-12-10(26)6-11(28-14(12)29-15)13(17(21,22)23)27-7-8-2-4-9(5-3-8)16(18,19)20/h2-5,10-14,26H,6-7H2,1H3,(H,24,25)/t10-,11-,12+,13?,14+/m0/s1. The van der Waals surface area contributed by atoms with Crippen molar-refractivity contribution >= 4 is 16.9 Å². The van der Waals surface area contributed by atoms with Gasteiger partial charge in [0, 0.05) is 13.5 Å². The van der Waals surface area contributed by atoms with Crippen LogP contribution in [0, 0.1) is 0 Å². The maximum atomic E-state index is 13.6. The van der Waals surface area contributed by atoms with Gasteiger partial charge in [0.05, 0.1) is 24.4 Å². The molecule has 0 bridgehead atoms. The van der Waals surface area contributed by atoms with Crippen molar-refractivity contribution in [2.24, 2.45) is 4.99 Å². The van der Waals surface area contributed by atoms with Crippen molar-refractivity contribution < 1.29 is 40.9 Å². The number of rotatable bonds is 4. The Labute approximate surface area is 166 Å². The molecule has 5 nitrogen and oxygen atoms in total. The number of nitrogens with zero attached hydrogens (tertiary/aromatic N) is 1. The third-order valence-electron chi connectivity index (χ3n) is 4.53. The van der Waals surface area contributed by atoms with E-state index in [-0.39, 0.29) is 12.0 Å². The molecule has 1 aromatic carbocycles. The molecule has 1 saturated heterocycles. The summed E-state index contributed by atoms with van der Waals surface area (Å²) in [5, 5.41) is 13.4. The second kappa shape index (κ2) is 8.32. The van der Waals surface area contributed by atoms with Crippen molar-refractivity contribution in [2.45, 2.75) is 55.2 Å². The lowest BCUT2D eigenvalue weighted by atomic mass is 9.97. The van der Waals surface area contributed by atoms with Crippen molar-refractivity contribution in [2.75, 3.05) is 7.05 Å². The number of alkyl halides is 6. The summed E-state index contributed by atoms with van der Waals surface area (Å²) in [4.78, 5) is 4.17. The van der Waals surface area contributed by atoms with Gasteiger partial charge in [0.15, 0.2) is 11.3 Å². The lowest BCUT2D eigenvalue weighted by Gasteiger charge is -2.38. The number of thioether (sulfide) groups is 1. The van der Waals surface area contributed by atoms with Gasteiger partial charge in [0.2, 0.25) is 0 Å². The number of hydrogen-bond donors (Lipinski definition) is 2. The normalized spacial score (nSPS) is 28.6. The van der Waals surface area contributed by atoms with Crippen molar-refractivity contribution in [3.05, 3.63) is 35.4 Å². The van der Waals surface area contributed by atoms with Crippen molar-refractivity contribution in [1.82, 2.24) is 5.32 Å². The van der Waals surface area contributed by atoms with E-state index in [1.807, 2.05) is 0 Å². The molecule has 0 aliphatic carbocycles. The molecule has 29 heavy (non-hydrogen) atoms. The largest absolute Gasteiger partial charge is 0.417 e. The van der Waals surface area contributed by atoms with Gasteiger partial charge in [-0.2, -0.15) is 26.3 Å². The summed E-state index contributed by atoms with van der Waals surface area (Å²) in [7, 11) is 1.60. The lowest BCUT2D eigenvalue weighted by Crippen LogP contribution is -2.53. The summed E-state index contributed by atoms with van der Waals surface area (Å²) >= 11 is 1.08. The number of amidine groups is 1. The summed E-state index contributed by atoms with van der Waals surface area (Å²) in [5.74, 6) is 0. The second-order valence-electron chi connectivity index (χ2n) is 6.61. The smallest absolute Gasteiger partial charge is 0.391 e. The van der Waals surface area contributed by atoms with Gasteiger partial charge in [-0.1, -0.05) is 23.9 Å². The number of aliphatic hydroxyl groups excluding tert-OH is 1. The van der Waals surface area contributed by atoms with E-state index >= 15 is 0 Å². The van der Waals surface area contributed by atoms with Gasteiger partial charge in [-0.3, -0.25) is 4.99 Å². The molecule has 1 fully saturated rings. The average Bonchev–Trinajstić information content (AvgIpc) is 3.04. The predicted octanol–water partition coefficient (Wildman–Crippen LogP) is 3.32. The number of benzene rings is 1. The minimum absolute atomic E-state index is 0.150. The van der Waals surface area contributed by atoms with Crippen LogP contribution in [0.15, 0.2) is 29.3 Å². The summed E-state index contributed by atoms with van der Waals surface area (Å²) in [6.07, 6.45) is -14.6. The quantitative estimate of drug-likeness (QED) is 0.698. The Hall–Kier alpha value is -1.50. The highest BCUT2D eigenvalue weighted by Crippen LogP contribution is 2.40. The molecule has 0 amide bonds. The van der Waals surface area contributed by atoms with E-state index < -0.39 is 54.3 Å². The Balaban J connectivity index is 1.68. The molecule has 2 aliphatic rings. The number of aliphatic imine (C=N–C) groups is 1. The zero-order chi connectivity index (χ0) is 21.4. The maximum Gasteiger partial charge on any atom is 0.417 e. The van der Waals surface area contributed by atoms with Crippen LogP contribution in [0.25, 0.3) is 0 Å². The van der Waals surface area contributed by atoms with Crippen LogP contribution in [-0.2, 0) is 22.3 Å². The van der Waals surface area contributed by atoms with E-state index in [0.29, 0.717) is 5.17 Å². The molecular weight excluding hydrogens is 426 g/mol. The van der Waals surface area contributed by atoms with Crippen molar-refractivity contribution in [3.8, 4) is 0 Å². The van der Waals surface area contributed by atoms with Gasteiger partial charge >= 0.3 is 12.4 Å². The number of ether oxygens (including phenoxy) is 2. The summed E-state index contributed by atoms with van der Waals surface area (Å²) in [6.45, 7) is -0.558. The first kappa shape index (κ1) is 22.2. The van der Waals surface area contributed by atoms with E-state index in [1.165, 1.54) is 0 Å². The van der Waals surface area contributed by atoms with E-state index in [2.05, 4.69) is 10.3 Å². The Morgan fingerprint density at radius 1 is 1.24 bits per heavy atom. The molecule has 162 valence electrons. The number of halogens is 6. The van der Waals surface area contributed by atoms with Crippen LogP contribution in [0.1, 0.15) is 17.5 Å². The monoisotopic (exact) mass is 444 g/mol. The van der Waals surface area contributed by atoms with Crippen LogP contribution in [0.4, 0.5) is 26.3 Å². The zero-order valence-electron chi connectivity index (χ0n) is 15.0. The van der Waals surface area contributed by atoms with Crippen LogP contribution in [-0.4, -0.2) is 53.3 Å². The van der Waals surface area contributed by atoms with E-state index in [9.17, 15) is 31.4 Å². The van der Waals surface area contributed by atoms with Crippen molar-refractivity contribution in [1.29, 1.82) is 0 Å². The fourth-order valence-corrected chi connectivity index (χ4v) is 4.19. The highest BCUT2D eigenvalue weighted by atomic mass is 32.2. The third-order valence-corrected chi connectivity index (χ3v) is 5.69. The molecule has 12 heteroatoms. The Morgan fingerprint density at radius 3 is 2.45 bits per heavy atom. The van der Waals surface area contributed by atoms with Gasteiger partial charge in [-0.05, 0) is 17.7 Å². The predicted molar refractivity (Wildman–Crippen MR) is 93.2 cm³/mol. The maximum absolute atomic E-state index is 13.6. The van der Waals surface area contributed by atoms with E-state index in [0.717, 1.165) is 36.0 Å². The van der Waals surface area contributed by atoms with Crippen LogP contribution in [0.5, 0.6) is 0 Å². The first-order valence-corrected chi connectivity index (χ1v) is 9.47. The van der Waals surface area contributed by atoms with E-state index in [4.69, 9.17) is 9.47 Å². The van der Waals surface area contributed by atoms with Gasteiger partial charge in [0.1, 0.15) is 11.5 Å². The molecule has 1 unspecified atom stereocenters. The summed E-state index contributed by atoms with van der Waals surface area (Å²) in [5.41, 5.74) is -1.54. The van der Waals surface area contributed by atoms with Gasteiger partial charge in [-0.25, -0.2) is 0 Å². The van der Waals surface area contributed by atoms with Gasteiger partial charge < -0.3 is 19.9 Å².